The number of hydrogen-bond donors (Lipinski definition) is 3. The van der Waals surface area contributed by atoms with E-state index in [9.17, 15) is 14.4 Å². The van der Waals surface area contributed by atoms with Gasteiger partial charge < -0.3 is 10.4 Å². The maximum absolute atomic E-state index is 11.9. The highest BCUT2D eigenvalue weighted by atomic mass is 35.5. The molecule has 0 aromatic carbocycles. The summed E-state index contributed by atoms with van der Waals surface area (Å²) in [7, 11) is 1.66. The first-order valence-corrected chi connectivity index (χ1v) is 7.43. The van der Waals surface area contributed by atoms with Gasteiger partial charge in [-0.1, -0.05) is 19.3 Å². The number of hydrogen-bond acceptors (Lipinski definition) is 4. The molecule has 0 aromatic heterocycles. The van der Waals surface area contributed by atoms with E-state index < -0.39 is 23.9 Å². The molecule has 7 nitrogen and oxygen atoms in total. The van der Waals surface area contributed by atoms with E-state index in [4.69, 9.17) is 5.11 Å². The molecule has 1 rings (SSSR count). The lowest BCUT2D eigenvalue weighted by Gasteiger charge is -2.25. The predicted molar refractivity (Wildman–Crippen MR) is 85.1 cm³/mol. The summed E-state index contributed by atoms with van der Waals surface area (Å²) < 4.78 is 0. The van der Waals surface area contributed by atoms with Crippen LogP contribution in [-0.4, -0.2) is 53.6 Å². The quantitative estimate of drug-likeness (QED) is 0.680. The molecule has 0 aromatic rings. The number of carbonyl (C=O) groups excluding carboxylic acids is 2. The zero-order valence-corrected chi connectivity index (χ0v) is 13.9. The molecule has 0 saturated heterocycles. The number of urea groups is 1. The minimum atomic E-state index is -0.913. The number of amides is 3. The largest absolute Gasteiger partial charge is 0.481 e. The third kappa shape index (κ3) is 7.61. The van der Waals surface area contributed by atoms with Crippen LogP contribution in [0.5, 0.6) is 0 Å². The Kier molecular flexibility index (Phi) is 9.76. The van der Waals surface area contributed by atoms with Crippen LogP contribution in [0.4, 0.5) is 4.79 Å². The molecule has 0 bridgehead atoms. The Morgan fingerprint density at radius 3 is 2.36 bits per heavy atom. The summed E-state index contributed by atoms with van der Waals surface area (Å²) in [4.78, 5) is 35.8. The minimum absolute atomic E-state index is 0. The van der Waals surface area contributed by atoms with Crippen molar-refractivity contribution in [3.8, 4) is 0 Å². The summed E-state index contributed by atoms with van der Waals surface area (Å²) in [5.41, 5.74) is 0. The number of rotatable bonds is 6. The van der Waals surface area contributed by atoms with E-state index in [2.05, 4.69) is 10.6 Å². The molecule has 0 radical (unpaired) electrons. The number of nitrogens with one attached hydrogen (secondary N) is 2. The van der Waals surface area contributed by atoms with Gasteiger partial charge in [-0.3, -0.25) is 19.8 Å². The zero-order valence-electron chi connectivity index (χ0n) is 13.1. The smallest absolute Gasteiger partial charge is 0.321 e. The van der Waals surface area contributed by atoms with Crippen molar-refractivity contribution in [1.82, 2.24) is 15.5 Å². The van der Waals surface area contributed by atoms with Crippen molar-refractivity contribution in [1.29, 1.82) is 0 Å². The zero-order chi connectivity index (χ0) is 15.8. The average Bonchev–Trinajstić information content (AvgIpc) is 2.44. The fourth-order valence-corrected chi connectivity index (χ4v) is 2.35. The van der Waals surface area contributed by atoms with Crippen LogP contribution in [0.3, 0.4) is 0 Å². The number of carbonyl (C=O) groups is 3. The first kappa shape index (κ1) is 20.7. The van der Waals surface area contributed by atoms with Crippen molar-refractivity contribution in [2.75, 3.05) is 13.6 Å². The van der Waals surface area contributed by atoms with Gasteiger partial charge in [0.25, 0.3) is 0 Å². The number of carboxylic acids is 1. The fourth-order valence-electron chi connectivity index (χ4n) is 2.35. The molecule has 128 valence electrons. The summed E-state index contributed by atoms with van der Waals surface area (Å²) in [6.45, 7) is 1.90. The molecular formula is C14H26ClN3O4. The SMILES string of the molecule is CC(C(=O)NC(=O)NC1CCCCC1)N(C)CCC(=O)O.Cl. The molecule has 0 spiro atoms. The Labute approximate surface area is 137 Å². The van der Waals surface area contributed by atoms with Crippen molar-refractivity contribution in [3.05, 3.63) is 0 Å². The van der Waals surface area contributed by atoms with E-state index in [1.54, 1.807) is 18.9 Å². The molecule has 1 aliphatic carbocycles. The van der Waals surface area contributed by atoms with Crippen molar-refractivity contribution < 1.29 is 19.5 Å². The second-order valence-electron chi connectivity index (χ2n) is 5.60. The Morgan fingerprint density at radius 2 is 1.82 bits per heavy atom. The van der Waals surface area contributed by atoms with Crippen molar-refractivity contribution >= 4 is 30.3 Å². The van der Waals surface area contributed by atoms with E-state index in [1.807, 2.05) is 0 Å². The summed E-state index contributed by atoms with van der Waals surface area (Å²) >= 11 is 0. The van der Waals surface area contributed by atoms with Crippen LogP contribution in [0.2, 0.25) is 0 Å². The number of halogens is 1. The lowest BCUT2D eigenvalue weighted by atomic mass is 9.96. The Morgan fingerprint density at radius 1 is 1.23 bits per heavy atom. The minimum Gasteiger partial charge on any atom is -0.481 e. The molecule has 3 amide bonds. The highest BCUT2D eigenvalue weighted by Crippen LogP contribution is 2.17. The maximum Gasteiger partial charge on any atom is 0.321 e. The van der Waals surface area contributed by atoms with Crippen LogP contribution < -0.4 is 10.6 Å². The van der Waals surface area contributed by atoms with Crippen molar-refractivity contribution in [3.63, 3.8) is 0 Å². The van der Waals surface area contributed by atoms with Gasteiger partial charge in [0.05, 0.1) is 12.5 Å². The van der Waals surface area contributed by atoms with Crippen molar-refractivity contribution in [2.24, 2.45) is 0 Å². The highest BCUT2D eigenvalue weighted by molar-refractivity contribution is 5.96. The molecule has 8 heteroatoms. The van der Waals surface area contributed by atoms with E-state index in [-0.39, 0.29) is 31.4 Å². The molecule has 1 atom stereocenters. The van der Waals surface area contributed by atoms with E-state index in [1.165, 1.54) is 6.42 Å². The monoisotopic (exact) mass is 335 g/mol. The van der Waals surface area contributed by atoms with Gasteiger partial charge in [0.2, 0.25) is 5.91 Å². The van der Waals surface area contributed by atoms with Crippen LogP contribution in [0.15, 0.2) is 0 Å². The molecule has 1 unspecified atom stereocenters. The fraction of sp³-hybridized carbons (Fsp3) is 0.786. The van der Waals surface area contributed by atoms with Crippen molar-refractivity contribution in [2.45, 2.75) is 57.5 Å². The van der Waals surface area contributed by atoms with Gasteiger partial charge in [0.15, 0.2) is 0 Å². The maximum atomic E-state index is 11.9. The number of imide groups is 1. The van der Waals surface area contributed by atoms with Gasteiger partial charge in [-0.15, -0.1) is 12.4 Å². The standard InChI is InChI=1S/C14H25N3O4.ClH/c1-10(17(2)9-8-12(18)19)13(20)16-14(21)15-11-6-4-3-5-7-11;/h10-11H,3-9H2,1-2H3,(H,18,19)(H2,15,16,20,21);1H. The third-order valence-electron chi connectivity index (χ3n) is 3.90. The van der Waals surface area contributed by atoms with Gasteiger partial charge in [-0.25, -0.2) is 4.79 Å². The Hall–Kier alpha value is -1.34. The Balaban J connectivity index is 0.00000441. The van der Waals surface area contributed by atoms with Gasteiger partial charge in [-0.2, -0.15) is 0 Å². The lowest BCUT2D eigenvalue weighted by molar-refractivity contribution is -0.138. The molecule has 1 aliphatic rings. The summed E-state index contributed by atoms with van der Waals surface area (Å²) in [6.07, 6.45) is 5.28. The van der Waals surface area contributed by atoms with Gasteiger partial charge in [0, 0.05) is 12.6 Å². The average molecular weight is 336 g/mol. The number of aliphatic carboxylic acids is 1. The predicted octanol–water partition coefficient (Wildman–Crippen LogP) is 1.36. The van der Waals surface area contributed by atoms with Gasteiger partial charge >= 0.3 is 12.0 Å². The number of nitrogens with zero attached hydrogens (tertiary/aromatic N) is 1. The van der Waals surface area contributed by atoms with Crippen LogP contribution in [-0.2, 0) is 9.59 Å². The second-order valence-corrected chi connectivity index (χ2v) is 5.60. The molecular weight excluding hydrogens is 310 g/mol. The second kappa shape index (κ2) is 10.4. The van der Waals surface area contributed by atoms with Crippen LogP contribution in [0.25, 0.3) is 0 Å². The third-order valence-corrected chi connectivity index (χ3v) is 3.90. The molecule has 22 heavy (non-hydrogen) atoms. The van der Waals surface area contributed by atoms with Crippen LogP contribution in [0, 0.1) is 0 Å². The van der Waals surface area contributed by atoms with E-state index in [0.717, 1.165) is 25.7 Å². The summed E-state index contributed by atoms with van der Waals surface area (Å²) in [5, 5.41) is 13.7. The Bertz CT molecular complexity index is 386. The van der Waals surface area contributed by atoms with Crippen LogP contribution in [0.1, 0.15) is 45.4 Å². The highest BCUT2D eigenvalue weighted by Gasteiger charge is 2.22. The molecule has 0 aliphatic heterocycles. The normalized spacial score (nSPS) is 16.5. The molecule has 3 N–H and O–H groups in total. The summed E-state index contributed by atoms with van der Waals surface area (Å²) in [5.74, 6) is -1.33. The van der Waals surface area contributed by atoms with Gasteiger partial charge in [0.1, 0.15) is 0 Å². The summed E-state index contributed by atoms with van der Waals surface area (Å²) in [6, 6.07) is -0.876. The first-order valence-electron chi connectivity index (χ1n) is 7.43. The first-order chi connectivity index (χ1) is 9.90. The number of carboxylic acid groups (broad SMARTS) is 1. The topological polar surface area (TPSA) is 98.7 Å². The van der Waals surface area contributed by atoms with E-state index >= 15 is 0 Å². The molecule has 1 fully saturated rings. The molecule has 1 saturated carbocycles. The van der Waals surface area contributed by atoms with Gasteiger partial charge in [-0.05, 0) is 26.8 Å². The van der Waals surface area contributed by atoms with E-state index in [0.29, 0.717) is 0 Å². The molecule has 0 heterocycles. The number of likely N-dealkylation sites (N-methyl/N-ethyl adjacent to an activating group) is 1. The lowest BCUT2D eigenvalue weighted by Crippen LogP contribution is -2.51. The van der Waals surface area contributed by atoms with Crippen LogP contribution >= 0.6 is 12.4 Å².